The molecule has 0 radical (unpaired) electrons. The van der Waals surface area contributed by atoms with Crippen molar-refractivity contribution in [3.05, 3.63) is 41.1 Å². The predicted molar refractivity (Wildman–Crippen MR) is 110 cm³/mol. The van der Waals surface area contributed by atoms with Crippen LogP contribution >= 0.6 is 12.2 Å². The summed E-state index contributed by atoms with van der Waals surface area (Å²) in [7, 11) is 3.36. The second-order valence-corrected chi connectivity index (χ2v) is 7.34. The Morgan fingerprint density at radius 2 is 1.93 bits per heavy atom. The molecule has 7 nitrogen and oxygen atoms in total. The average molecular weight is 404 g/mol. The van der Waals surface area contributed by atoms with Crippen LogP contribution in [0.3, 0.4) is 0 Å². The summed E-state index contributed by atoms with van der Waals surface area (Å²) < 4.78 is 10.3. The van der Waals surface area contributed by atoms with Crippen molar-refractivity contribution < 1.29 is 19.1 Å². The minimum atomic E-state index is -0.424. The number of thiocarbonyl (C=S) groups is 1. The SMILES string of the molecule is COCCOC(=O)C1=C(C)N(C)C(=S)NC1c1ccc(NC(=O)C2CC2)cc1. The molecular formula is C20H25N3O4S. The largest absolute Gasteiger partial charge is 0.460 e. The van der Waals surface area contributed by atoms with Crippen molar-refractivity contribution in [2.75, 3.05) is 32.7 Å². The molecule has 2 N–H and O–H groups in total. The highest BCUT2D eigenvalue weighted by molar-refractivity contribution is 7.80. The summed E-state index contributed by atoms with van der Waals surface area (Å²) in [6.07, 6.45) is 1.92. The van der Waals surface area contributed by atoms with E-state index >= 15 is 0 Å². The van der Waals surface area contributed by atoms with Gasteiger partial charge in [0.25, 0.3) is 0 Å². The van der Waals surface area contributed by atoms with E-state index in [4.69, 9.17) is 21.7 Å². The van der Waals surface area contributed by atoms with Gasteiger partial charge in [0.15, 0.2) is 5.11 Å². The van der Waals surface area contributed by atoms with Crippen molar-refractivity contribution in [1.29, 1.82) is 0 Å². The first-order chi connectivity index (χ1) is 13.4. The van der Waals surface area contributed by atoms with Gasteiger partial charge in [-0.3, -0.25) is 4.79 Å². The van der Waals surface area contributed by atoms with E-state index < -0.39 is 12.0 Å². The van der Waals surface area contributed by atoms with Crippen molar-refractivity contribution >= 4 is 34.9 Å². The number of nitrogens with zero attached hydrogens (tertiary/aromatic N) is 1. The summed E-state index contributed by atoms with van der Waals surface area (Å²) in [5, 5.41) is 6.65. The first-order valence-electron chi connectivity index (χ1n) is 9.24. The standard InChI is InChI=1S/C20H25N3O4S/c1-12-16(19(25)27-11-10-26-3)17(22-20(28)23(12)2)13-6-8-15(9-7-13)21-18(24)14-4-5-14/h6-9,14,17H,4-5,10-11H2,1-3H3,(H,21,24)(H,22,28). The van der Waals surface area contributed by atoms with Crippen LogP contribution in [0.2, 0.25) is 0 Å². The molecular weight excluding hydrogens is 378 g/mol. The first-order valence-corrected chi connectivity index (χ1v) is 9.65. The van der Waals surface area contributed by atoms with Gasteiger partial charge in [0, 0.05) is 31.5 Å². The lowest BCUT2D eigenvalue weighted by molar-refractivity contribution is -0.140. The molecule has 0 saturated heterocycles. The number of allylic oxidation sites excluding steroid dienone is 1. The molecule has 0 bridgehead atoms. The quantitative estimate of drug-likeness (QED) is 0.411. The van der Waals surface area contributed by atoms with Crippen LogP contribution in [0.5, 0.6) is 0 Å². The second kappa shape index (κ2) is 8.70. The van der Waals surface area contributed by atoms with E-state index in [0.29, 0.717) is 17.3 Å². The molecule has 1 amide bonds. The molecule has 1 unspecified atom stereocenters. The zero-order valence-electron chi connectivity index (χ0n) is 16.3. The fraction of sp³-hybridized carbons (Fsp3) is 0.450. The third kappa shape index (κ3) is 4.51. The molecule has 1 aromatic rings. The van der Waals surface area contributed by atoms with Gasteiger partial charge in [0.2, 0.25) is 5.91 Å². The summed E-state index contributed by atoms with van der Waals surface area (Å²) in [5.74, 6) is -0.205. The zero-order valence-corrected chi connectivity index (χ0v) is 17.1. The van der Waals surface area contributed by atoms with Crippen LogP contribution < -0.4 is 10.6 Å². The van der Waals surface area contributed by atoms with Gasteiger partial charge in [0.1, 0.15) is 6.61 Å². The maximum absolute atomic E-state index is 12.7. The van der Waals surface area contributed by atoms with Crippen molar-refractivity contribution in [2.45, 2.75) is 25.8 Å². The number of carbonyl (C=O) groups excluding carboxylic acids is 2. The number of nitrogens with one attached hydrogen (secondary N) is 2. The van der Waals surface area contributed by atoms with E-state index in [1.165, 1.54) is 0 Å². The summed E-state index contributed by atoms with van der Waals surface area (Å²) in [6.45, 7) is 2.36. The minimum Gasteiger partial charge on any atom is -0.460 e. The fourth-order valence-corrected chi connectivity index (χ4v) is 3.25. The van der Waals surface area contributed by atoms with E-state index in [1.54, 1.807) is 19.1 Å². The molecule has 1 fully saturated rings. The van der Waals surface area contributed by atoms with Gasteiger partial charge in [-0.2, -0.15) is 0 Å². The molecule has 2 aliphatic rings. The van der Waals surface area contributed by atoms with Crippen LogP contribution in [-0.4, -0.2) is 49.3 Å². The minimum absolute atomic E-state index is 0.0597. The van der Waals surface area contributed by atoms with Gasteiger partial charge in [0.05, 0.1) is 18.2 Å². The third-order valence-corrected chi connectivity index (χ3v) is 5.35. The van der Waals surface area contributed by atoms with Gasteiger partial charge in [-0.15, -0.1) is 0 Å². The lowest BCUT2D eigenvalue weighted by Crippen LogP contribution is -2.46. The summed E-state index contributed by atoms with van der Waals surface area (Å²) in [4.78, 5) is 26.4. The molecule has 0 aromatic heterocycles. The average Bonchev–Trinajstić information content (AvgIpc) is 3.52. The number of ether oxygens (including phenoxy) is 2. The van der Waals surface area contributed by atoms with Gasteiger partial charge in [-0.25, -0.2) is 4.79 Å². The summed E-state index contributed by atoms with van der Waals surface area (Å²) in [6, 6.07) is 7.00. The molecule has 1 aromatic carbocycles. The van der Waals surface area contributed by atoms with Crippen molar-refractivity contribution in [1.82, 2.24) is 10.2 Å². The Balaban J connectivity index is 1.81. The number of esters is 1. The molecule has 0 spiro atoms. The molecule has 1 atom stereocenters. The molecule has 28 heavy (non-hydrogen) atoms. The summed E-state index contributed by atoms with van der Waals surface area (Å²) in [5.41, 5.74) is 2.84. The number of carbonyl (C=O) groups is 2. The van der Waals surface area contributed by atoms with E-state index in [1.807, 2.05) is 31.2 Å². The summed E-state index contributed by atoms with van der Waals surface area (Å²) >= 11 is 5.40. The van der Waals surface area contributed by atoms with Gasteiger partial charge in [-0.1, -0.05) is 12.1 Å². The Bertz CT molecular complexity index is 802. The van der Waals surface area contributed by atoms with E-state index in [9.17, 15) is 9.59 Å². The van der Waals surface area contributed by atoms with Gasteiger partial charge in [-0.05, 0) is 49.7 Å². The first kappa shape index (κ1) is 20.3. The highest BCUT2D eigenvalue weighted by Gasteiger charge is 2.33. The van der Waals surface area contributed by atoms with Crippen LogP contribution in [-0.2, 0) is 19.1 Å². The number of methoxy groups -OCH3 is 1. The Kier molecular flexibility index (Phi) is 6.31. The topological polar surface area (TPSA) is 79.9 Å². The Morgan fingerprint density at radius 3 is 2.54 bits per heavy atom. The lowest BCUT2D eigenvalue weighted by atomic mass is 9.95. The number of hydrogen-bond acceptors (Lipinski definition) is 5. The van der Waals surface area contributed by atoms with Crippen LogP contribution in [0.25, 0.3) is 0 Å². The van der Waals surface area contributed by atoms with Crippen molar-refractivity contribution in [2.24, 2.45) is 5.92 Å². The number of hydrogen-bond donors (Lipinski definition) is 2. The van der Waals surface area contributed by atoms with Crippen molar-refractivity contribution in [3.63, 3.8) is 0 Å². The Hall–Kier alpha value is -2.45. The van der Waals surface area contributed by atoms with Gasteiger partial charge < -0.3 is 25.0 Å². The normalized spacial score (nSPS) is 19.3. The monoisotopic (exact) mass is 403 g/mol. The van der Waals surface area contributed by atoms with Crippen LogP contribution in [0.4, 0.5) is 5.69 Å². The highest BCUT2D eigenvalue weighted by atomic mass is 32.1. The Morgan fingerprint density at radius 1 is 1.25 bits per heavy atom. The van der Waals surface area contributed by atoms with E-state index in [2.05, 4.69) is 10.6 Å². The lowest BCUT2D eigenvalue weighted by Gasteiger charge is -2.35. The van der Waals surface area contributed by atoms with Crippen LogP contribution in [0, 0.1) is 5.92 Å². The van der Waals surface area contributed by atoms with Gasteiger partial charge >= 0.3 is 5.97 Å². The smallest absolute Gasteiger partial charge is 0.338 e. The Labute approximate surface area is 170 Å². The fourth-order valence-electron chi connectivity index (χ4n) is 2.99. The molecule has 1 aliphatic carbocycles. The molecule has 8 heteroatoms. The maximum atomic E-state index is 12.7. The molecule has 3 rings (SSSR count). The third-order valence-electron chi connectivity index (χ3n) is 4.95. The van der Waals surface area contributed by atoms with Crippen LogP contribution in [0.15, 0.2) is 35.5 Å². The molecule has 1 saturated carbocycles. The highest BCUT2D eigenvalue weighted by Crippen LogP contribution is 2.32. The van der Waals surface area contributed by atoms with E-state index in [-0.39, 0.29) is 18.4 Å². The number of amides is 1. The predicted octanol–water partition coefficient (Wildman–Crippen LogP) is 2.36. The number of anilines is 1. The molecule has 1 heterocycles. The molecule has 150 valence electrons. The number of rotatable bonds is 7. The second-order valence-electron chi connectivity index (χ2n) is 6.95. The maximum Gasteiger partial charge on any atom is 0.338 e. The molecule has 1 aliphatic heterocycles. The van der Waals surface area contributed by atoms with Crippen LogP contribution in [0.1, 0.15) is 31.4 Å². The zero-order chi connectivity index (χ0) is 20.3. The van der Waals surface area contributed by atoms with E-state index in [0.717, 1.165) is 29.8 Å². The number of benzene rings is 1. The van der Waals surface area contributed by atoms with Crippen molar-refractivity contribution in [3.8, 4) is 0 Å².